The molecule has 1 aromatic carbocycles. The Bertz CT molecular complexity index is 667. The van der Waals surface area contributed by atoms with Gasteiger partial charge in [0.05, 0.1) is 12.2 Å². The first kappa shape index (κ1) is 19.7. The van der Waals surface area contributed by atoms with E-state index in [-0.39, 0.29) is 12.2 Å². The number of nitrogens with one attached hydrogen (secondary N) is 2. The Hall–Kier alpha value is -2.67. The highest BCUT2D eigenvalue weighted by Gasteiger charge is 2.12. The van der Waals surface area contributed by atoms with Crippen LogP contribution in [0.2, 0.25) is 0 Å². The number of rotatable bonds is 7. The minimum atomic E-state index is -0.695. The lowest BCUT2D eigenvalue weighted by Crippen LogP contribution is -2.41. The molecule has 1 aliphatic carbocycles. The maximum atomic E-state index is 11.8. The number of aliphatic hydroxyl groups is 1. The summed E-state index contributed by atoms with van der Waals surface area (Å²) >= 11 is 0. The van der Waals surface area contributed by atoms with Gasteiger partial charge in [-0.05, 0) is 49.8 Å². The van der Waals surface area contributed by atoms with Gasteiger partial charge in [-0.2, -0.15) is 0 Å². The maximum Gasteiger partial charge on any atom is 0.338 e. The Morgan fingerprint density at radius 3 is 2.54 bits per heavy atom. The largest absolute Gasteiger partial charge is 0.452 e. The number of hydrogen-bond donors (Lipinski definition) is 3. The summed E-state index contributed by atoms with van der Waals surface area (Å²) in [7, 11) is 0. The lowest BCUT2D eigenvalue weighted by Gasteiger charge is -2.13. The molecule has 0 atom stereocenters. The third-order valence-electron chi connectivity index (χ3n) is 4.08. The van der Waals surface area contributed by atoms with Crippen LogP contribution < -0.4 is 10.6 Å². The standard InChI is InChI=1S/C19H24N2O5/c22-12-15-6-8-16(9-7-15)18(24)26-13-17(23)21-19(25)20-11-10-14-4-2-1-3-5-14/h4,6-9,22H,1-3,5,10-13H2,(H2,20,21,23,25). The van der Waals surface area contributed by atoms with E-state index in [0.717, 1.165) is 19.3 Å². The van der Waals surface area contributed by atoms with Crippen molar-refractivity contribution in [1.82, 2.24) is 10.6 Å². The monoisotopic (exact) mass is 360 g/mol. The fraction of sp³-hybridized carbons (Fsp3) is 0.421. The van der Waals surface area contributed by atoms with Crippen LogP contribution in [0.3, 0.4) is 0 Å². The Labute approximate surface area is 152 Å². The fourth-order valence-electron chi connectivity index (χ4n) is 2.64. The number of ether oxygens (including phenoxy) is 1. The SMILES string of the molecule is O=C(COC(=O)c1ccc(CO)cc1)NC(=O)NCCC1=CCCCC1. The van der Waals surface area contributed by atoms with Crippen LogP contribution >= 0.6 is 0 Å². The second-order valence-electron chi connectivity index (χ2n) is 6.09. The molecule has 7 nitrogen and oxygen atoms in total. The molecule has 0 aromatic heterocycles. The smallest absolute Gasteiger partial charge is 0.338 e. The van der Waals surface area contributed by atoms with Crippen molar-refractivity contribution < 1.29 is 24.2 Å². The molecular weight excluding hydrogens is 336 g/mol. The van der Waals surface area contributed by atoms with Gasteiger partial charge in [-0.25, -0.2) is 9.59 Å². The molecule has 1 aromatic rings. The van der Waals surface area contributed by atoms with Gasteiger partial charge < -0.3 is 15.2 Å². The van der Waals surface area contributed by atoms with Gasteiger partial charge in [0.25, 0.3) is 5.91 Å². The summed E-state index contributed by atoms with van der Waals surface area (Å²) in [6, 6.07) is 5.57. The highest BCUT2D eigenvalue weighted by molar-refractivity contribution is 5.97. The van der Waals surface area contributed by atoms with Crippen molar-refractivity contribution in [3.05, 3.63) is 47.0 Å². The number of carbonyl (C=O) groups excluding carboxylic acids is 3. The van der Waals surface area contributed by atoms with Crippen molar-refractivity contribution in [3.8, 4) is 0 Å². The summed E-state index contributed by atoms with van der Waals surface area (Å²) in [5.74, 6) is -1.37. The van der Waals surface area contributed by atoms with Crippen LogP contribution in [-0.4, -0.2) is 36.2 Å². The van der Waals surface area contributed by atoms with E-state index in [4.69, 9.17) is 9.84 Å². The minimum absolute atomic E-state index is 0.121. The minimum Gasteiger partial charge on any atom is -0.452 e. The Kier molecular flexibility index (Phi) is 7.82. The van der Waals surface area contributed by atoms with E-state index in [1.165, 1.54) is 30.5 Å². The van der Waals surface area contributed by atoms with Crippen molar-refractivity contribution in [1.29, 1.82) is 0 Å². The summed E-state index contributed by atoms with van der Waals surface area (Å²) in [4.78, 5) is 35.1. The van der Waals surface area contributed by atoms with E-state index in [0.29, 0.717) is 12.1 Å². The molecule has 2 rings (SSSR count). The van der Waals surface area contributed by atoms with Gasteiger partial charge in [0, 0.05) is 6.54 Å². The maximum absolute atomic E-state index is 11.8. The van der Waals surface area contributed by atoms with Gasteiger partial charge in [0.1, 0.15) is 0 Å². The van der Waals surface area contributed by atoms with Gasteiger partial charge >= 0.3 is 12.0 Å². The number of carbonyl (C=O) groups is 3. The highest BCUT2D eigenvalue weighted by atomic mass is 16.5. The van der Waals surface area contributed by atoms with Gasteiger partial charge in [-0.1, -0.05) is 23.8 Å². The van der Waals surface area contributed by atoms with Crippen LogP contribution in [0, 0.1) is 0 Å². The van der Waals surface area contributed by atoms with E-state index in [1.54, 1.807) is 12.1 Å². The zero-order valence-corrected chi connectivity index (χ0v) is 14.6. The quantitative estimate of drug-likeness (QED) is 0.510. The van der Waals surface area contributed by atoms with Gasteiger partial charge in [0.2, 0.25) is 0 Å². The second kappa shape index (κ2) is 10.4. The third-order valence-corrected chi connectivity index (χ3v) is 4.08. The van der Waals surface area contributed by atoms with Crippen molar-refractivity contribution in [2.24, 2.45) is 0 Å². The highest BCUT2D eigenvalue weighted by Crippen LogP contribution is 2.19. The number of benzene rings is 1. The average molecular weight is 360 g/mol. The molecular formula is C19H24N2O5. The van der Waals surface area contributed by atoms with Crippen LogP contribution in [0.25, 0.3) is 0 Å². The molecule has 0 saturated carbocycles. The van der Waals surface area contributed by atoms with E-state index >= 15 is 0 Å². The van der Waals surface area contributed by atoms with E-state index in [2.05, 4.69) is 16.7 Å². The first-order chi connectivity index (χ1) is 12.6. The molecule has 0 fully saturated rings. The Balaban J connectivity index is 1.64. The summed E-state index contributed by atoms with van der Waals surface area (Å²) in [5, 5.41) is 13.7. The Morgan fingerprint density at radius 2 is 1.88 bits per heavy atom. The molecule has 7 heteroatoms. The first-order valence-corrected chi connectivity index (χ1v) is 8.71. The predicted molar refractivity (Wildman–Crippen MR) is 95.4 cm³/mol. The Morgan fingerprint density at radius 1 is 1.12 bits per heavy atom. The molecule has 0 saturated heterocycles. The van der Waals surface area contributed by atoms with E-state index < -0.39 is 24.5 Å². The van der Waals surface area contributed by atoms with Gasteiger partial charge in [-0.3, -0.25) is 10.1 Å². The number of amides is 3. The van der Waals surface area contributed by atoms with Crippen molar-refractivity contribution in [2.45, 2.75) is 38.7 Å². The first-order valence-electron chi connectivity index (χ1n) is 8.71. The second-order valence-corrected chi connectivity index (χ2v) is 6.09. The van der Waals surface area contributed by atoms with Gasteiger partial charge in [-0.15, -0.1) is 0 Å². The molecule has 3 N–H and O–H groups in total. The number of esters is 1. The van der Waals surface area contributed by atoms with Crippen LogP contribution in [0.5, 0.6) is 0 Å². The van der Waals surface area contributed by atoms with Crippen LogP contribution in [-0.2, 0) is 16.1 Å². The lowest BCUT2D eigenvalue weighted by molar-refractivity contribution is -0.123. The zero-order chi connectivity index (χ0) is 18.8. The molecule has 0 spiro atoms. The molecule has 0 radical (unpaired) electrons. The molecule has 0 bridgehead atoms. The predicted octanol–water partition coefficient (Wildman–Crippen LogP) is 2.05. The summed E-state index contributed by atoms with van der Waals surface area (Å²) in [6.07, 6.45) is 7.55. The summed E-state index contributed by atoms with van der Waals surface area (Å²) < 4.78 is 4.86. The van der Waals surface area contributed by atoms with Gasteiger partial charge in [0.15, 0.2) is 6.61 Å². The number of allylic oxidation sites excluding steroid dienone is 1. The molecule has 140 valence electrons. The van der Waals surface area contributed by atoms with Crippen molar-refractivity contribution in [2.75, 3.05) is 13.2 Å². The van der Waals surface area contributed by atoms with Crippen LogP contribution in [0.1, 0.15) is 48.0 Å². The van der Waals surface area contributed by atoms with Crippen molar-refractivity contribution >= 4 is 17.9 Å². The summed E-state index contributed by atoms with van der Waals surface area (Å²) in [5.41, 5.74) is 2.27. The molecule has 26 heavy (non-hydrogen) atoms. The van der Waals surface area contributed by atoms with Crippen molar-refractivity contribution in [3.63, 3.8) is 0 Å². The summed E-state index contributed by atoms with van der Waals surface area (Å²) in [6.45, 7) is -0.203. The normalized spacial score (nSPS) is 13.5. The number of imide groups is 1. The number of urea groups is 1. The lowest BCUT2D eigenvalue weighted by atomic mass is 9.97. The molecule has 0 heterocycles. The van der Waals surface area contributed by atoms with Crippen LogP contribution in [0.4, 0.5) is 4.79 Å². The molecule has 1 aliphatic rings. The van der Waals surface area contributed by atoms with E-state index in [1.807, 2.05) is 0 Å². The molecule has 3 amide bonds. The number of hydrogen-bond acceptors (Lipinski definition) is 5. The van der Waals surface area contributed by atoms with E-state index in [9.17, 15) is 14.4 Å². The number of aliphatic hydroxyl groups excluding tert-OH is 1. The average Bonchev–Trinajstić information content (AvgIpc) is 2.67. The zero-order valence-electron chi connectivity index (χ0n) is 14.6. The third kappa shape index (κ3) is 6.68. The van der Waals surface area contributed by atoms with Crippen LogP contribution in [0.15, 0.2) is 35.9 Å². The topological polar surface area (TPSA) is 105 Å². The molecule has 0 unspecified atom stereocenters. The molecule has 0 aliphatic heterocycles. The fourth-order valence-corrected chi connectivity index (χ4v) is 2.64.